The van der Waals surface area contributed by atoms with Gasteiger partial charge in [0.25, 0.3) is 0 Å². The Balaban J connectivity index is 1.60. The first-order chi connectivity index (χ1) is 10.0. The van der Waals surface area contributed by atoms with Crippen LogP contribution in [0.3, 0.4) is 0 Å². The van der Waals surface area contributed by atoms with Gasteiger partial charge in [-0.05, 0) is 37.6 Å². The summed E-state index contributed by atoms with van der Waals surface area (Å²) in [6, 6.07) is 7.34. The van der Waals surface area contributed by atoms with Crippen molar-refractivity contribution in [1.29, 1.82) is 0 Å². The summed E-state index contributed by atoms with van der Waals surface area (Å²) in [5, 5.41) is 13.0. The van der Waals surface area contributed by atoms with Gasteiger partial charge in [-0.15, -0.1) is 23.2 Å². The highest BCUT2D eigenvalue weighted by molar-refractivity contribution is 6.50. The number of halogens is 2. The zero-order valence-electron chi connectivity index (χ0n) is 12.0. The first kappa shape index (κ1) is 16.7. The molecule has 21 heavy (non-hydrogen) atoms. The average molecular weight is 334 g/mol. The summed E-state index contributed by atoms with van der Waals surface area (Å²) < 4.78 is 10.3. The summed E-state index contributed by atoms with van der Waals surface area (Å²) in [5.74, 6) is 1.79. The van der Waals surface area contributed by atoms with Gasteiger partial charge in [0.05, 0.1) is 6.61 Å². The van der Waals surface area contributed by atoms with E-state index in [4.69, 9.17) is 32.7 Å². The van der Waals surface area contributed by atoms with Gasteiger partial charge < -0.3 is 19.9 Å². The highest BCUT2D eigenvalue weighted by Gasteiger charge is 2.50. The van der Waals surface area contributed by atoms with Crippen LogP contribution in [0, 0.1) is 5.92 Å². The SMILES string of the molecule is CCOc1ccc(OC[C@@H](O)CNC[C@H]2CC2(Cl)Cl)cc1. The van der Waals surface area contributed by atoms with Crippen LogP contribution in [0.15, 0.2) is 24.3 Å². The summed E-state index contributed by atoms with van der Waals surface area (Å²) in [7, 11) is 0. The summed E-state index contributed by atoms with van der Waals surface area (Å²) in [4.78, 5) is 0. The number of hydrogen-bond donors (Lipinski definition) is 2. The molecular weight excluding hydrogens is 313 g/mol. The minimum absolute atomic E-state index is 0.235. The van der Waals surface area contributed by atoms with Crippen molar-refractivity contribution >= 4 is 23.2 Å². The molecule has 1 aromatic carbocycles. The van der Waals surface area contributed by atoms with Crippen LogP contribution >= 0.6 is 23.2 Å². The van der Waals surface area contributed by atoms with Crippen molar-refractivity contribution in [3.05, 3.63) is 24.3 Å². The monoisotopic (exact) mass is 333 g/mol. The molecule has 0 amide bonds. The van der Waals surface area contributed by atoms with E-state index in [9.17, 15) is 5.11 Å². The van der Waals surface area contributed by atoms with Crippen LogP contribution in [0.5, 0.6) is 11.5 Å². The summed E-state index contributed by atoms with van der Waals surface area (Å²) in [5.41, 5.74) is 0. The quantitative estimate of drug-likeness (QED) is 0.682. The maximum Gasteiger partial charge on any atom is 0.122 e. The zero-order chi connectivity index (χ0) is 15.3. The van der Waals surface area contributed by atoms with Gasteiger partial charge in [-0.3, -0.25) is 0 Å². The average Bonchev–Trinajstić information content (AvgIpc) is 3.06. The van der Waals surface area contributed by atoms with E-state index in [1.165, 1.54) is 0 Å². The number of aliphatic hydroxyl groups excluding tert-OH is 1. The van der Waals surface area contributed by atoms with E-state index in [2.05, 4.69) is 5.32 Å². The summed E-state index contributed by atoms with van der Waals surface area (Å²) >= 11 is 11.9. The second-order valence-electron chi connectivity index (χ2n) is 5.19. The molecule has 118 valence electrons. The smallest absolute Gasteiger partial charge is 0.122 e. The Labute approximate surface area is 135 Å². The Kier molecular flexibility index (Phi) is 5.99. The fourth-order valence-corrected chi connectivity index (χ4v) is 2.49. The van der Waals surface area contributed by atoms with Crippen LogP contribution in [0.2, 0.25) is 0 Å². The molecule has 6 heteroatoms. The van der Waals surface area contributed by atoms with Crippen molar-refractivity contribution in [2.24, 2.45) is 5.92 Å². The highest BCUT2D eigenvalue weighted by Crippen LogP contribution is 2.52. The largest absolute Gasteiger partial charge is 0.494 e. The molecule has 0 radical (unpaired) electrons. The zero-order valence-corrected chi connectivity index (χ0v) is 13.5. The van der Waals surface area contributed by atoms with Gasteiger partial charge >= 0.3 is 0 Å². The molecule has 1 saturated carbocycles. The standard InChI is InChI=1S/C15H21Cl2NO3/c1-2-20-13-3-5-14(6-4-13)21-10-12(19)9-18-8-11-7-15(11,16)17/h3-6,11-12,18-19H,2,7-10H2,1H3/t11-,12+/m1/s1. The number of ether oxygens (including phenoxy) is 2. The van der Waals surface area contributed by atoms with Crippen LogP contribution in [0.25, 0.3) is 0 Å². The third-order valence-electron chi connectivity index (χ3n) is 3.30. The van der Waals surface area contributed by atoms with Crippen molar-refractivity contribution in [3.63, 3.8) is 0 Å². The molecule has 1 fully saturated rings. The Morgan fingerprint density at radius 3 is 2.38 bits per heavy atom. The third kappa shape index (κ3) is 5.55. The van der Waals surface area contributed by atoms with Gasteiger partial charge in [0.15, 0.2) is 0 Å². The number of alkyl halides is 2. The first-order valence-corrected chi connectivity index (χ1v) is 7.89. The molecule has 4 nitrogen and oxygen atoms in total. The van der Waals surface area contributed by atoms with Crippen LogP contribution in [-0.2, 0) is 0 Å². The second kappa shape index (κ2) is 7.54. The lowest BCUT2D eigenvalue weighted by molar-refractivity contribution is 0.106. The van der Waals surface area contributed by atoms with Gasteiger partial charge in [0.2, 0.25) is 0 Å². The normalized spacial score (nSPS) is 20.9. The van der Waals surface area contributed by atoms with E-state index < -0.39 is 10.4 Å². The van der Waals surface area contributed by atoms with E-state index in [1.807, 2.05) is 31.2 Å². The van der Waals surface area contributed by atoms with E-state index in [0.29, 0.717) is 25.4 Å². The van der Waals surface area contributed by atoms with Gasteiger partial charge in [0, 0.05) is 19.0 Å². The third-order valence-corrected chi connectivity index (χ3v) is 4.23. The van der Waals surface area contributed by atoms with Crippen molar-refractivity contribution < 1.29 is 14.6 Å². The van der Waals surface area contributed by atoms with Crippen molar-refractivity contribution in [2.75, 3.05) is 26.3 Å². The molecule has 0 spiro atoms. The molecule has 1 aromatic rings. The Hall–Kier alpha value is -0.680. The summed E-state index contributed by atoms with van der Waals surface area (Å²) in [6.07, 6.45) is 0.234. The maximum atomic E-state index is 9.83. The van der Waals surface area contributed by atoms with Crippen LogP contribution in [0.1, 0.15) is 13.3 Å². The number of benzene rings is 1. The molecule has 0 bridgehead atoms. The molecule has 0 aliphatic heterocycles. The van der Waals surface area contributed by atoms with E-state index >= 15 is 0 Å². The molecule has 2 atom stereocenters. The molecule has 0 aromatic heterocycles. The Bertz CT molecular complexity index is 439. The lowest BCUT2D eigenvalue weighted by Crippen LogP contribution is -2.33. The lowest BCUT2D eigenvalue weighted by atomic mass is 10.3. The van der Waals surface area contributed by atoms with Crippen LogP contribution < -0.4 is 14.8 Å². The van der Waals surface area contributed by atoms with Gasteiger partial charge in [0.1, 0.15) is 28.5 Å². The van der Waals surface area contributed by atoms with Gasteiger partial charge in [-0.2, -0.15) is 0 Å². The highest BCUT2D eigenvalue weighted by atomic mass is 35.5. The predicted molar refractivity (Wildman–Crippen MR) is 84.5 cm³/mol. The van der Waals surface area contributed by atoms with E-state index in [-0.39, 0.29) is 12.5 Å². The molecule has 0 heterocycles. The summed E-state index contributed by atoms with van der Waals surface area (Å²) in [6.45, 7) is 3.98. The van der Waals surface area contributed by atoms with Gasteiger partial charge in [-0.25, -0.2) is 0 Å². The van der Waals surface area contributed by atoms with E-state index in [0.717, 1.165) is 12.2 Å². The minimum atomic E-state index is -0.574. The predicted octanol–water partition coefficient (Wildman–Crippen LogP) is 2.61. The Morgan fingerprint density at radius 2 is 1.86 bits per heavy atom. The van der Waals surface area contributed by atoms with E-state index in [1.54, 1.807) is 0 Å². The number of rotatable bonds is 9. The molecule has 0 saturated heterocycles. The molecule has 1 aliphatic rings. The van der Waals surface area contributed by atoms with Crippen molar-refractivity contribution in [1.82, 2.24) is 5.32 Å². The first-order valence-electron chi connectivity index (χ1n) is 7.13. The molecule has 2 rings (SSSR count). The molecule has 2 N–H and O–H groups in total. The second-order valence-corrected chi connectivity index (χ2v) is 6.73. The Morgan fingerprint density at radius 1 is 1.29 bits per heavy atom. The fraction of sp³-hybridized carbons (Fsp3) is 0.600. The van der Waals surface area contributed by atoms with Gasteiger partial charge in [-0.1, -0.05) is 0 Å². The molecule has 0 unspecified atom stereocenters. The van der Waals surface area contributed by atoms with Crippen molar-refractivity contribution in [3.8, 4) is 11.5 Å². The molecule has 1 aliphatic carbocycles. The fourth-order valence-electron chi connectivity index (χ4n) is 1.97. The number of hydrogen-bond acceptors (Lipinski definition) is 4. The van der Waals surface area contributed by atoms with Crippen molar-refractivity contribution in [2.45, 2.75) is 23.8 Å². The number of nitrogens with one attached hydrogen (secondary N) is 1. The number of aliphatic hydroxyl groups is 1. The topological polar surface area (TPSA) is 50.7 Å². The molecular formula is C15H21Cl2NO3. The van der Waals surface area contributed by atoms with Crippen LogP contribution in [0.4, 0.5) is 0 Å². The lowest BCUT2D eigenvalue weighted by Gasteiger charge is -2.13. The van der Waals surface area contributed by atoms with Crippen LogP contribution in [-0.4, -0.2) is 41.8 Å². The maximum absolute atomic E-state index is 9.83. The minimum Gasteiger partial charge on any atom is -0.494 e.